The van der Waals surface area contributed by atoms with E-state index in [4.69, 9.17) is 5.11 Å². The number of rotatable bonds is 6. The Kier molecular flexibility index (Phi) is 6.21. The summed E-state index contributed by atoms with van der Waals surface area (Å²) in [6, 6.07) is 7.55. The minimum Gasteiger partial charge on any atom is -0.396 e. The molecule has 0 spiro atoms. The molecule has 0 saturated heterocycles. The standard InChI is InChI=1S/C17H28N2O2/c1-6-19(5)14-9-7-13(8-10-14)16(21)18-15(11-12-20)17(2,3)4/h7-10,15,20H,6,11-12H2,1-5H3,(H,18,21). The van der Waals surface area contributed by atoms with E-state index in [-0.39, 0.29) is 24.0 Å². The van der Waals surface area contributed by atoms with E-state index >= 15 is 0 Å². The molecule has 2 N–H and O–H groups in total. The van der Waals surface area contributed by atoms with E-state index < -0.39 is 0 Å². The van der Waals surface area contributed by atoms with Gasteiger partial charge in [-0.3, -0.25) is 4.79 Å². The summed E-state index contributed by atoms with van der Waals surface area (Å²) in [5.41, 5.74) is 1.66. The number of benzene rings is 1. The fourth-order valence-corrected chi connectivity index (χ4v) is 2.14. The SMILES string of the molecule is CCN(C)c1ccc(C(=O)NC(CCO)C(C)(C)C)cc1. The number of nitrogens with one attached hydrogen (secondary N) is 1. The highest BCUT2D eigenvalue weighted by atomic mass is 16.3. The number of hydrogen-bond donors (Lipinski definition) is 2. The zero-order valence-corrected chi connectivity index (χ0v) is 13.8. The van der Waals surface area contributed by atoms with Crippen LogP contribution >= 0.6 is 0 Å². The highest BCUT2D eigenvalue weighted by Gasteiger charge is 2.26. The molecule has 0 bridgehead atoms. The third kappa shape index (κ3) is 5.05. The molecule has 0 aliphatic carbocycles. The summed E-state index contributed by atoms with van der Waals surface area (Å²) in [5.74, 6) is -0.0888. The summed E-state index contributed by atoms with van der Waals surface area (Å²) in [6.45, 7) is 9.27. The first kappa shape index (κ1) is 17.5. The molecule has 1 rings (SSSR count). The second-order valence-corrected chi connectivity index (χ2v) is 6.47. The van der Waals surface area contributed by atoms with E-state index in [1.165, 1.54) is 0 Å². The lowest BCUT2D eigenvalue weighted by molar-refractivity contribution is 0.0885. The number of amides is 1. The molecular weight excluding hydrogens is 264 g/mol. The summed E-state index contributed by atoms with van der Waals surface area (Å²) in [4.78, 5) is 14.4. The molecule has 21 heavy (non-hydrogen) atoms. The first-order valence-electron chi connectivity index (χ1n) is 7.52. The lowest BCUT2D eigenvalue weighted by Gasteiger charge is -2.31. The first-order valence-corrected chi connectivity index (χ1v) is 7.52. The molecule has 0 aromatic heterocycles. The monoisotopic (exact) mass is 292 g/mol. The second kappa shape index (κ2) is 7.46. The average Bonchev–Trinajstić information content (AvgIpc) is 2.45. The second-order valence-electron chi connectivity index (χ2n) is 6.47. The van der Waals surface area contributed by atoms with Crippen LogP contribution in [0.25, 0.3) is 0 Å². The first-order chi connectivity index (χ1) is 9.79. The smallest absolute Gasteiger partial charge is 0.251 e. The molecule has 0 fully saturated rings. The highest BCUT2D eigenvalue weighted by molar-refractivity contribution is 5.94. The molecule has 0 saturated carbocycles. The average molecular weight is 292 g/mol. The van der Waals surface area contributed by atoms with Crippen LogP contribution in [0, 0.1) is 5.41 Å². The molecule has 4 heteroatoms. The van der Waals surface area contributed by atoms with Crippen LogP contribution in [0.4, 0.5) is 5.69 Å². The van der Waals surface area contributed by atoms with E-state index in [0.29, 0.717) is 12.0 Å². The van der Waals surface area contributed by atoms with Crippen LogP contribution in [0.15, 0.2) is 24.3 Å². The van der Waals surface area contributed by atoms with Gasteiger partial charge in [-0.05, 0) is 43.0 Å². The van der Waals surface area contributed by atoms with E-state index in [0.717, 1.165) is 12.2 Å². The number of hydrogen-bond acceptors (Lipinski definition) is 3. The van der Waals surface area contributed by atoms with Gasteiger partial charge >= 0.3 is 0 Å². The van der Waals surface area contributed by atoms with Crippen molar-refractivity contribution in [1.29, 1.82) is 0 Å². The number of anilines is 1. The number of aliphatic hydroxyl groups excluding tert-OH is 1. The summed E-state index contributed by atoms with van der Waals surface area (Å²) in [7, 11) is 2.02. The predicted molar refractivity (Wildman–Crippen MR) is 87.8 cm³/mol. The largest absolute Gasteiger partial charge is 0.396 e. The fraction of sp³-hybridized carbons (Fsp3) is 0.588. The van der Waals surface area contributed by atoms with Gasteiger partial charge in [0.25, 0.3) is 5.91 Å². The third-order valence-corrected chi connectivity index (χ3v) is 3.81. The zero-order chi connectivity index (χ0) is 16.0. The lowest BCUT2D eigenvalue weighted by atomic mass is 9.85. The number of nitrogens with zero attached hydrogens (tertiary/aromatic N) is 1. The summed E-state index contributed by atoms with van der Waals surface area (Å²) < 4.78 is 0. The zero-order valence-electron chi connectivity index (χ0n) is 13.8. The molecule has 1 unspecified atom stereocenters. The van der Waals surface area contributed by atoms with Crippen LogP contribution in [0.1, 0.15) is 44.5 Å². The number of aliphatic hydroxyl groups is 1. The maximum Gasteiger partial charge on any atom is 0.251 e. The Morgan fingerprint density at radius 1 is 1.29 bits per heavy atom. The predicted octanol–water partition coefficient (Wildman–Crippen LogP) is 2.67. The minimum atomic E-state index is -0.0888. The Hall–Kier alpha value is -1.55. The molecule has 1 aromatic rings. The Labute approximate surface area is 128 Å². The van der Waals surface area contributed by atoms with Gasteiger partial charge in [-0.1, -0.05) is 20.8 Å². The highest BCUT2D eigenvalue weighted by Crippen LogP contribution is 2.22. The van der Waals surface area contributed by atoms with Gasteiger partial charge in [0.05, 0.1) is 0 Å². The molecule has 0 radical (unpaired) electrons. The van der Waals surface area contributed by atoms with Gasteiger partial charge in [-0.25, -0.2) is 0 Å². The van der Waals surface area contributed by atoms with Gasteiger partial charge in [0.1, 0.15) is 0 Å². The summed E-state index contributed by atoms with van der Waals surface area (Å²) >= 11 is 0. The number of carbonyl (C=O) groups excluding carboxylic acids is 1. The van der Waals surface area contributed by atoms with E-state index in [2.05, 4.69) is 37.9 Å². The summed E-state index contributed by atoms with van der Waals surface area (Å²) in [6.07, 6.45) is 0.561. The Bertz CT molecular complexity index is 449. The molecule has 0 aliphatic heterocycles. The Morgan fingerprint density at radius 3 is 2.29 bits per heavy atom. The maximum atomic E-state index is 12.3. The molecular formula is C17H28N2O2. The molecule has 4 nitrogen and oxygen atoms in total. The van der Waals surface area contributed by atoms with Crippen LogP contribution in [0.3, 0.4) is 0 Å². The van der Waals surface area contributed by atoms with Crippen LogP contribution in [-0.2, 0) is 0 Å². The van der Waals surface area contributed by atoms with E-state index in [1.807, 2.05) is 31.3 Å². The van der Waals surface area contributed by atoms with Crippen LogP contribution in [0.2, 0.25) is 0 Å². The van der Waals surface area contributed by atoms with Crippen molar-refractivity contribution >= 4 is 11.6 Å². The molecule has 1 aromatic carbocycles. The minimum absolute atomic E-state index is 0.0482. The van der Waals surface area contributed by atoms with Crippen molar-refractivity contribution in [1.82, 2.24) is 5.32 Å². The maximum absolute atomic E-state index is 12.3. The summed E-state index contributed by atoms with van der Waals surface area (Å²) in [5, 5.41) is 12.2. The van der Waals surface area contributed by atoms with Gasteiger partial charge in [-0.15, -0.1) is 0 Å². The van der Waals surface area contributed by atoms with Crippen molar-refractivity contribution in [2.24, 2.45) is 5.41 Å². The quantitative estimate of drug-likeness (QED) is 0.847. The van der Waals surface area contributed by atoms with Gasteiger partial charge in [-0.2, -0.15) is 0 Å². The van der Waals surface area contributed by atoms with Crippen molar-refractivity contribution in [3.05, 3.63) is 29.8 Å². The van der Waals surface area contributed by atoms with Crippen LogP contribution in [-0.4, -0.2) is 37.3 Å². The van der Waals surface area contributed by atoms with Gasteiger partial charge in [0.15, 0.2) is 0 Å². The van der Waals surface area contributed by atoms with Crippen molar-refractivity contribution < 1.29 is 9.90 Å². The molecule has 0 aliphatic rings. The van der Waals surface area contributed by atoms with Crippen LogP contribution in [0.5, 0.6) is 0 Å². The number of carbonyl (C=O) groups is 1. The fourth-order valence-electron chi connectivity index (χ4n) is 2.14. The topological polar surface area (TPSA) is 52.6 Å². The normalized spacial score (nSPS) is 12.9. The third-order valence-electron chi connectivity index (χ3n) is 3.81. The van der Waals surface area contributed by atoms with E-state index in [1.54, 1.807) is 0 Å². The van der Waals surface area contributed by atoms with Gasteiger partial charge in [0, 0.05) is 37.5 Å². The van der Waals surface area contributed by atoms with Crippen LogP contribution < -0.4 is 10.2 Å². The van der Waals surface area contributed by atoms with Crippen molar-refractivity contribution in [3.8, 4) is 0 Å². The Balaban J connectivity index is 2.78. The van der Waals surface area contributed by atoms with Crippen molar-refractivity contribution in [2.45, 2.75) is 40.2 Å². The van der Waals surface area contributed by atoms with Crippen molar-refractivity contribution in [3.63, 3.8) is 0 Å². The Morgan fingerprint density at radius 2 is 1.86 bits per heavy atom. The van der Waals surface area contributed by atoms with Gasteiger partial charge < -0.3 is 15.3 Å². The van der Waals surface area contributed by atoms with Gasteiger partial charge in [0.2, 0.25) is 0 Å². The lowest BCUT2D eigenvalue weighted by Crippen LogP contribution is -2.44. The molecule has 0 heterocycles. The molecule has 1 amide bonds. The van der Waals surface area contributed by atoms with E-state index in [9.17, 15) is 4.79 Å². The van der Waals surface area contributed by atoms with Crippen molar-refractivity contribution in [2.75, 3.05) is 25.1 Å². The molecule has 118 valence electrons. The molecule has 1 atom stereocenters.